The fraction of sp³-hybridized carbons (Fsp3) is 0.571. The topological polar surface area (TPSA) is 52.6 Å². The highest BCUT2D eigenvalue weighted by atomic mass is 35.7. The zero-order valence-corrected chi connectivity index (χ0v) is 13.3. The Morgan fingerprint density at radius 2 is 2.00 bits per heavy atom. The molecule has 0 amide bonds. The van der Waals surface area contributed by atoms with Crippen molar-refractivity contribution in [1.29, 1.82) is 0 Å². The number of hydrogen-bond donors (Lipinski definition) is 0. The lowest BCUT2D eigenvalue weighted by Crippen LogP contribution is -2.11. The van der Waals surface area contributed by atoms with Gasteiger partial charge in [-0.25, -0.2) is 8.42 Å². The largest absolute Gasteiger partial charge is 0.493 e. The normalized spacial score (nSPS) is 19.2. The molecule has 20 heavy (non-hydrogen) atoms. The lowest BCUT2D eigenvalue weighted by molar-refractivity contribution is 0.0901. The van der Waals surface area contributed by atoms with E-state index in [2.05, 4.69) is 0 Å². The van der Waals surface area contributed by atoms with Crippen LogP contribution in [0.1, 0.15) is 30.4 Å². The summed E-state index contributed by atoms with van der Waals surface area (Å²) in [6.45, 7) is 5.05. The van der Waals surface area contributed by atoms with Crippen molar-refractivity contribution in [1.82, 2.24) is 0 Å². The van der Waals surface area contributed by atoms with Crippen molar-refractivity contribution in [3.63, 3.8) is 0 Å². The Hall–Kier alpha value is -0.780. The van der Waals surface area contributed by atoms with E-state index in [-0.39, 0.29) is 11.0 Å². The van der Waals surface area contributed by atoms with Gasteiger partial charge in [-0.2, -0.15) is 0 Å². The van der Waals surface area contributed by atoms with Crippen LogP contribution in [0.15, 0.2) is 17.0 Å². The van der Waals surface area contributed by atoms with Gasteiger partial charge in [-0.1, -0.05) is 0 Å². The molecule has 1 fully saturated rings. The first-order valence-electron chi connectivity index (χ1n) is 6.68. The SMILES string of the molecule is Cc1cc(S(=O)(=O)Cl)cc(C)c1OCCC1CCCO1. The first kappa shape index (κ1) is 15.6. The third-order valence-electron chi connectivity index (χ3n) is 3.43. The van der Waals surface area contributed by atoms with Gasteiger partial charge in [-0.3, -0.25) is 0 Å². The molecule has 2 rings (SSSR count). The molecule has 1 saturated heterocycles. The van der Waals surface area contributed by atoms with Gasteiger partial charge >= 0.3 is 0 Å². The number of ether oxygens (including phenoxy) is 2. The van der Waals surface area contributed by atoms with E-state index >= 15 is 0 Å². The highest BCUT2D eigenvalue weighted by Gasteiger charge is 2.17. The summed E-state index contributed by atoms with van der Waals surface area (Å²) >= 11 is 0. The van der Waals surface area contributed by atoms with Crippen LogP contribution in [0.4, 0.5) is 0 Å². The summed E-state index contributed by atoms with van der Waals surface area (Å²) in [5.41, 5.74) is 1.55. The van der Waals surface area contributed by atoms with Crippen molar-refractivity contribution in [3.8, 4) is 5.75 Å². The van der Waals surface area contributed by atoms with E-state index in [4.69, 9.17) is 20.2 Å². The summed E-state index contributed by atoms with van der Waals surface area (Å²) in [7, 11) is 1.66. The molecule has 1 aliphatic rings. The lowest BCUT2D eigenvalue weighted by Gasteiger charge is -2.15. The molecule has 0 saturated carbocycles. The van der Waals surface area contributed by atoms with Gasteiger partial charge < -0.3 is 9.47 Å². The minimum atomic E-state index is -3.70. The zero-order valence-electron chi connectivity index (χ0n) is 11.7. The molecule has 0 bridgehead atoms. The Balaban J connectivity index is 2.04. The summed E-state index contributed by atoms with van der Waals surface area (Å²) < 4.78 is 34.0. The zero-order chi connectivity index (χ0) is 14.8. The average Bonchev–Trinajstić information content (AvgIpc) is 2.84. The molecule has 1 atom stereocenters. The molecule has 6 heteroatoms. The van der Waals surface area contributed by atoms with Crippen LogP contribution in [0.3, 0.4) is 0 Å². The van der Waals surface area contributed by atoms with Crippen molar-refractivity contribution in [3.05, 3.63) is 23.3 Å². The molecule has 1 aliphatic heterocycles. The van der Waals surface area contributed by atoms with E-state index in [1.54, 1.807) is 0 Å². The van der Waals surface area contributed by atoms with Crippen LogP contribution in [0.25, 0.3) is 0 Å². The van der Waals surface area contributed by atoms with Gasteiger partial charge in [0.25, 0.3) is 9.05 Å². The van der Waals surface area contributed by atoms with Crippen molar-refractivity contribution < 1.29 is 17.9 Å². The smallest absolute Gasteiger partial charge is 0.261 e. The summed E-state index contributed by atoms with van der Waals surface area (Å²) in [6.07, 6.45) is 3.35. The summed E-state index contributed by atoms with van der Waals surface area (Å²) in [4.78, 5) is 0.112. The number of rotatable bonds is 5. The number of aryl methyl sites for hydroxylation is 2. The Morgan fingerprint density at radius 3 is 2.50 bits per heavy atom. The molecule has 0 radical (unpaired) electrons. The van der Waals surface area contributed by atoms with Crippen LogP contribution >= 0.6 is 10.7 Å². The standard InChI is InChI=1S/C14H19ClO4S/c1-10-8-13(20(15,16)17)9-11(2)14(10)19-7-5-12-4-3-6-18-12/h8-9,12H,3-7H2,1-2H3. The Morgan fingerprint density at radius 1 is 1.35 bits per heavy atom. The van der Waals surface area contributed by atoms with E-state index in [0.717, 1.165) is 42.7 Å². The maximum absolute atomic E-state index is 11.3. The summed E-state index contributed by atoms with van der Waals surface area (Å²) in [5, 5.41) is 0. The molecule has 0 aromatic heterocycles. The Labute approximate surface area is 124 Å². The van der Waals surface area contributed by atoms with Gasteiger partial charge in [0.1, 0.15) is 5.75 Å². The monoisotopic (exact) mass is 318 g/mol. The average molecular weight is 319 g/mol. The van der Waals surface area contributed by atoms with Crippen LogP contribution in [0, 0.1) is 13.8 Å². The van der Waals surface area contributed by atoms with Gasteiger partial charge in [0, 0.05) is 23.7 Å². The molecule has 0 aliphatic carbocycles. The molecule has 4 nitrogen and oxygen atoms in total. The first-order valence-corrected chi connectivity index (χ1v) is 8.99. The molecule has 1 aromatic rings. The minimum absolute atomic E-state index is 0.112. The Kier molecular flexibility index (Phi) is 4.94. The molecule has 1 unspecified atom stereocenters. The molecule has 1 heterocycles. The predicted molar refractivity (Wildman–Crippen MR) is 78.0 cm³/mol. The Bertz CT molecular complexity index is 554. The maximum Gasteiger partial charge on any atom is 0.261 e. The second-order valence-corrected chi connectivity index (χ2v) is 7.66. The van der Waals surface area contributed by atoms with Gasteiger partial charge in [0.05, 0.1) is 17.6 Å². The van der Waals surface area contributed by atoms with Crippen LogP contribution < -0.4 is 4.74 Å². The quantitative estimate of drug-likeness (QED) is 0.782. The molecular formula is C14H19ClO4S. The van der Waals surface area contributed by atoms with Crippen molar-refractivity contribution in [2.24, 2.45) is 0 Å². The van der Waals surface area contributed by atoms with E-state index in [1.807, 2.05) is 13.8 Å². The molecule has 0 N–H and O–H groups in total. The molecule has 112 valence electrons. The van der Waals surface area contributed by atoms with Gasteiger partial charge in [0.2, 0.25) is 0 Å². The third kappa shape index (κ3) is 3.87. The highest BCUT2D eigenvalue weighted by molar-refractivity contribution is 8.13. The number of benzene rings is 1. The van der Waals surface area contributed by atoms with Crippen LogP contribution in [-0.2, 0) is 13.8 Å². The third-order valence-corrected chi connectivity index (χ3v) is 4.76. The van der Waals surface area contributed by atoms with Gasteiger partial charge in [-0.05, 0) is 49.9 Å². The fourth-order valence-electron chi connectivity index (χ4n) is 2.44. The summed E-state index contributed by atoms with van der Waals surface area (Å²) in [5.74, 6) is 0.729. The first-order chi connectivity index (χ1) is 9.38. The predicted octanol–water partition coefficient (Wildman–Crippen LogP) is 3.18. The van der Waals surface area contributed by atoms with Crippen LogP contribution in [0.5, 0.6) is 5.75 Å². The highest BCUT2D eigenvalue weighted by Crippen LogP contribution is 2.28. The maximum atomic E-state index is 11.3. The number of halogens is 1. The van der Waals surface area contributed by atoms with Gasteiger partial charge in [0.15, 0.2) is 0 Å². The second-order valence-electron chi connectivity index (χ2n) is 5.10. The van der Waals surface area contributed by atoms with Crippen molar-refractivity contribution >= 4 is 19.7 Å². The van der Waals surface area contributed by atoms with E-state index in [1.165, 1.54) is 12.1 Å². The fourth-order valence-corrected chi connectivity index (χ4v) is 3.35. The number of hydrogen-bond acceptors (Lipinski definition) is 4. The van der Waals surface area contributed by atoms with E-state index < -0.39 is 9.05 Å². The van der Waals surface area contributed by atoms with Crippen molar-refractivity contribution in [2.45, 2.75) is 44.1 Å². The van der Waals surface area contributed by atoms with Gasteiger partial charge in [-0.15, -0.1) is 0 Å². The van der Waals surface area contributed by atoms with Crippen LogP contribution in [-0.4, -0.2) is 27.7 Å². The molecular weight excluding hydrogens is 300 g/mol. The molecule has 1 aromatic carbocycles. The second kappa shape index (κ2) is 6.33. The van der Waals surface area contributed by atoms with Crippen LogP contribution in [0.2, 0.25) is 0 Å². The van der Waals surface area contributed by atoms with Crippen molar-refractivity contribution in [2.75, 3.05) is 13.2 Å². The van der Waals surface area contributed by atoms with E-state index in [9.17, 15) is 8.42 Å². The molecule has 0 spiro atoms. The van der Waals surface area contributed by atoms with E-state index in [0.29, 0.717) is 6.61 Å². The lowest BCUT2D eigenvalue weighted by atomic mass is 10.1. The minimum Gasteiger partial charge on any atom is -0.493 e. The summed E-state index contributed by atoms with van der Waals surface area (Å²) in [6, 6.07) is 3.08.